The minimum atomic E-state index is -0.346. The number of benzene rings is 3. The van der Waals surface area contributed by atoms with Crippen LogP contribution >= 0.6 is 27.3 Å². The fourth-order valence-electron chi connectivity index (χ4n) is 12.1. The van der Waals surface area contributed by atoms with E-state index in [1.54, 1.807) is 17.0 Å². The molecule has 6 heteroatoms. The van der Waals surface area contributed by atoms with Gasteiger partial charge in [0.15, 0.2) is 0 Å². The van der Waals surface area contributed by atoms with Gasteiger partial charge in [0.25, 0.3) is 0 Å². The first-order valence-corrected chi connectivity index (χ1v) is 28.1. The quantitative estimate of drug-likeness (QED) is 0.180. The molecule has 3 aromatic carbocycles. The Labute approximate surface area is 357 Å². The van der Waals surface area contributed by atoms with Crippen molar-refractivity contribution < 1.29 is 15.1 Å². The molecule has 4 saturated carbocycles. The van der Waals surface area contributed by atoms with E-state index in [1.807, 2.05) is 0 Å². The minimum absolute atomic E-state index is 0.162. The summed E-state index contributed by atoms with van der Waals surface area (Å²) in [7, 11) is 9.55. The van der Waals surface area contributed by atoms with E-state index in [2.05, 4.69) is 112 Å². The summed E-state index contributed by atoms with van der Waals surface area (Å²) < 4.78 is 0. The molecule has 0 N–H and O–H groups in total. The molecule has 0 amide bonds. The summed E-state index contributed by atoms with van der Waals surface area (Å²) in [6, 6.07) is 22.3. The van der Waals surface area contributed by atoms with Crippen LogP contribution in [0.25, 0.3) is 6.08 Å². The maximum atomic E-state index is 4.85. The molecule has 1 heterocycles. The van der Waals surface area contributed by atoms with E-state index in [1.165, 1.54) is 159 Å². The number of halogens is 2. The zero-order valence-electron chi connectivity index (χ0n) is 35.1. The first-order valence-electron chi connectivity index (χ1n) is 22.1. The van der Waals surface area contributed by atoms with Crippen LogP contribution in [0.15, 0.2) is 71.6 Å². The van der Waals surface area contributed by atoms with Crippen molar-refractivity contribution in [3.05, 3.63) is 111 Å². The fourth-order valence-corrected chi connectivity index (χ4v) is 16.7. The molecule has 4 aliphatic carbocycles. The van der Waals surface area contributed by atoms with E-state index >= 15 is 0 Å². The summed E-state index contributed by atoms with van der Waals surface area (Å²) in [4.78, 5) is 6.02. The predicted molar refractivity (Wildman–Crippen MR) is 244 cm³/mol. The van der Waals surface area contributed by atoms with Crippen molar-refractivity contribution in [2.45, 2.75) is 180 Å². The van der Waals surface area contributed by atoms with Crippen LogP contribution < -0.4 is 9.80 Å². The Hall–Kier alpha value is -1.63. The second kappa shape index (κ2) is 19.6. The SMILES string of the molecule is Cc1cc(C)c(N2C(=C3C(=Cc4ccccc4)CCCC3P(C3CCCCC3)C3CCCCC3)N(c3c(C)cc(C)cc3C)C3CCCCC32)c(C)c1.[Cl][Ru][Cl]. The maximum absolute atomic E-state index is 4.85. The van der Waals surface area contributed by atoms with Gasteiger partial charge in [-0.1, -0.05) is 131 Å². The molecule has 3 atom stereocenters. The summed E-state index contributed by atoms with van der Waals surface area (Å²) >= 11 is -0.346. The molecule has 56 heavy (non-hydrogen) atoms. The van der Waals surface area contributed by atoms with Crippen molar-refractivity contribution in [3.63, 3.8) is 0 Å². The second-order valence-electron chi connectivity index (χ2n) is 18.0. The van der Waals surface area contributed by atoms with Gasteiger partial charge in [-0.05, 0) is 144 Å². The molecule has 5 fully saturated rings. The van der Waals surface area contributed by atoms with Crippen LogP contribution in [0.5, 0.6) is 0 Å². The van der Waals surface area contributed by atoms with Gasteiger partial charge in [-0.2, -0.15) is 0 Å². The molecule has 1 saturated heterocycles. The number of rotatable bonds is 6. The average Bonchev–Trinajstić information content (AvgIpc) is 3.49. The Kier molecular flexibility index (Phi) is 14.9. The summed E-state index contributed by atoms with van der Waals surface area (Å²) in [6.07, 6.45) is 26.4. The molecule has 0 radical (unpaired) electrons. The van der Waals surface area contributed by atoms with Gasteiger partial charge in [0.05, 0.1) is 12.1 Å². The van der Waals surface area contributed by atoms with Crippen molar-refractivity contribution in [1.29, 1.82) is 0 Å². The van der Waals surface area contributed by atoms with Gasteiger partial charge in [0.2, 0.25) is 0 Å². The van der Waals surface area contributed by atoms with E-state index in [4.69, 9.17) is 19.4 Å². The first-order chi connectivity index (χ1) is 27.2. The van der Waals surface area contributed by atoms with Crippen molar-refractivity contribution in [2.24, 2.45) is 0 Å². The molecule has 0 aromatic heterocycles. The molecule has 1 aliphatic heterocycles. The predicted octanol–water partition coefficient (Wildman–Crippen LogP) is 15.5. The van der Waals surface area contributed by atoms with Gasteiger partial charge < -0.3 is 9.80 Å². The summed E-state index contributed by atoms with van der Waals surface area (Å²) in [6.45, 7) is 14.2. The number of allylic oxidation sites excluding steroid dienone is 2. The third-order valence-corrected chi connectivity index (χ3v) is 17.9. The van der Waals surface area contributed by atoms with Crippen molar-refractivity contribution in [3.8, 4) is 0 Å². The van der Waals surface area contributed by atoms with E-state index in [9.17, 15) is 0 Å². The van der Waals surface area contributed by atoms with Crippen molar-refractivity contribution >= 4 is 44.8 Å². The third-order valence-electron chi connectivity index (χ3n) is 13.9. The number of aryl methyl sites for hydroxylation is 6. The molecule has 0 bridgehead atoms. The van der Waals surface area contributed by atoms with Crippen molar-refractivity contribution in [2.75, 3.05) is 9.80 Å². The van der Waals surface area contributed by atoms with Gasteiger partial charge >= 0.3 is 34.5 Å². The topological polar surface area (TPSA) is 6.48 Å². The van der Waals surface area contributed by atoms with Gasteiger partial charge in [0.1, 0.15) is 5.82 Å². The van der Waals surface area contributed by atoms with Crippen LogP contribution in [0, 0.1) is 41.5 Å². The van der Waals surface area contributed by atoms with Gasteiger partial charge in [-0.3, -0.25) is 0 Å². The molecule has 8 rings (SSSR count). The standard InChI is InChI=1S/C50H67N2P.2ClH.Ru/c1-34-29-36(3)48(37(4)30-34)51-44-26-16-17-27-45(44)52(49-38(5)31-35(2)32-39(49)6)50(51)47-41(33-40-19-10-7-11-20-40)21-18-28-46(47)53(42-22-12-8-13-23-42)43-24-14-9-15-25-43;;;/h7,10-11,19-20,29-33,42-46H,8-9,12-18,21-28H2,1-6H3;2*1H;/q;;;+2/p-2. The van der Waals surface area contributed by atoms with E-state index < -0.39 is 0 Å². The van der Waals surface area contributed by atoms with Crippen molar-refractivity contribution in [1.82, 2.24) is 0 Å². The third kappa shape index (κ3) is 9.08. The summed E-state index contributed by atoms with van der Waals surface area (Å²) in [5.74, 6) is 1.60. The van der Waals surface area contributed by atoms with Gasteiger partial charge in [-0.15, -0.1) is 0 Å². The Morgan fingerprint density at radius 2 is 1.00 bits per heavy atom. The molecule has 3 aromatic rings. The normalized spacial score (nSPS) is 24.5. The number of hydrogen-bond acceptors (Lipinski definition) is 2. The van der Waals surface area contributed by atoms with E-state index in [0.717, 1.165) is 11.3 Å². The molecule has 304 valence electrons. The number of nitrogens with zero attached hydrogens (tertiary/aromatic N) is 2. The number of hydrogen-bond donors (Lipinski definition) is 0. The van der Waals surface area contributed by atoms with Gasteiger partial charge in [0, 0.05) is 22.6 Å². The number of fused-ring (bicyclic) bond motifs is 1. The summed E-state index contributed by atoms with van der Waals surface area (Å²) in [5.41, 5.74) is 18.9. The fraction of sp³-hybridized carbons (Fsp3) is 0.560. The molecular formula is C50H67Cl2N2PRu. The van der Waals surface area contributed by atoms with Crippen LogP contribution in [-0.4, -0.2) is 29.1 Å². The van der Waals surface area contributed by atoms with Crippen LogP contribution in [0.2, 0.25) is 0 Å². The monoisotopic (exact) mass is 898 g/mol. The van der Waals surface area contributed by atoms with Crippen LogP contribution in [0.4, 0.5) is 11.4 Å². The molecule has 5 aliphatic rings. The molecule has 3 unspecified atom stereocenters. The Morgan fingerprint density at radius 1 is 0.571 bits per heavy atom. The molecule has 0 spiro atoms. The van der Waals surface area contributed by atoms with Crippen LogP contribution in [0.3, 0.4) is 0 Å². The first kappa shape index (κ1) is 42.5. The molecule has 2 nitrogen and oxygen atoms in total. The summed E-state index contributed by atoms with van der Waals surface area (Å²) in [5, 5.41) is 0. The van der Waals surface area contributed by atoms with Gasteiger partial charge in [-0.25, -0.2) is 0 Å². The van der Waals surface area contributed by atoms with E-state index in [-0.39, 0.29) is 23.1 Å². The zero-order valence-corrected chi connectivity index (χ0v) is 39.3. The second-order valence-corrected chi connectivity index (χ2v) is 23.6. The average molecular weight is 899 g/mol. The number of anilines is 2. The zero-order chi connectivity index (χ0) is 39.3. The Morgan fingerprint density at radius 3 is 1.45 bits per heavy atom. The van der Waals surface area contributed by atoms with Crippen LogP contribution in [0.1, 0.15) is 148 Å². The molecular weight excluding hydrogens is 832 g/mol. The van der Waals surface area contributed by atoms with Crippen LogP contribution in [-0.2, 0) is 15.1 Å². The Bertz CT molecular complexity index is 1720. The Balaban J connectivity index is 0.00000155. The van der Waals surface area contributed by atoms with E-state index in [0.29, 0.717) is 17.7 Å².